The van der Waals surface area contributed by atoms with Crippen LogP contribution in [0, 0.1) is 0 Å². The van der Waals surface area contributed by atoms with Gasteiger partial charge in [0, 0.05) is 11.4 Å². The van der Waals surface area contributed by atoms with Gasteiger partial charge in [-0.2, -0.15) is 5.10 Å². The fraction of sp³-hybridized carbons (Fsp3) is 0.500. The predicted octanol–water partition coefficient (Wildman–Crippen LogP) is 3.92. The van der Waals surface area contributed by atoms with Gasteiger partial charge in [-0.05, 0) is 50.5 Å². The van der Waals surface area contributed by atoms with E-state index in [-0.39, 0.29) is 30.9 Å². The fourth-order valence-corrected chi connectivity index (χ4v) is 4.27. The van der Waals surface area contributed by atoms with E-state index >= 15 is 0 Å². The van der Waals surface area contributed by atoms with Crippen molar-refractivity contribution in [3.05, 3.63) is 34.8 Å². The van der Waals surface area contributed by atoms with Crippen molar-refractivity contribution in [2.24, 2.45) is 5.10 Å². The zero-order chi connectivity index (χ0) is 24.2. The van der Waals surface area contributed by atoms with E-state index < -0.39 is 0 Å². The topological polar surface area (TPSA) is 111 Å². The molecular formula is C24H32N4O5S. The number of amides is 1. The Kier molecular flexibility index (Phi) is 10.1. The molecule has 0 unspecified atom stereocenters. The summed E-state index contributed by atoms with van der Waals surface area (Å²) in [5.74, 6) is 0.632. The molecule has 0 saturated heterocycles. The smallest absolute Gasteiger partial charge is 0.311 e. The second-order valence-electron chi connectivity index (χ2n) is 7.83. The largest absolute Gasteiger partial charge is 0.490 e. The molecule has 184 valence electrons. The maximum atomic E-state index is 12.3. The molecule has 1 amide bonds. The third kappa shape index (κ3) is 8.33. The minimum atomic E-state index is -0.305. The lowest BCUT2D eigenvalue weighted by atomic mass is 9.95. The standard InChI is InChI=1S/C24H32N4O5S/c1-3-31-21-12-17(14-25-28-24-27-19(16-34-24)13-23(30)32-4-2)10-11-20(21)33-15-22(29)26-18-8-6-5-7-9-18/h10-12,14,16,18H,3-9,13,15H2,1-2H3,(H,26,29)(H,27,28). The molecule has 9 nitrogen and oxygen atoms in total. The highest BCUT2D eigenvalue weighted by atomic mass is 32.1. The van der Waals surface area contributed by atoms with Crippen LogP contribution in [0.15, 0.2) is 28.7 Å². The minimum Gasteiger partial charge on any atom is -0.490 e. The molecule has 2 N–H and O–H groups in total. The summed E-state index contributed by atoms with van der Waals surface area (Å²) in [4.78, 5) is 28.1. The molecule has 0 aliphatic heterocycles. The summed E-state index contributed by atoms with van der Waals surface area (Å²) in [6, 6.07) is 5.65. The summed E-state index contributed by atoms with van der Waals surface area (Å²) in [6.45, 7) is 4.42. The van der Waals surface area contributed by atoms with Gasteiger partial charge in [0.25, 0.3) is 5.91 Å². The monoisotopic (exact) mass is 488 g/mol. The van der Waals surface area contributed by atoms with Crippen molar-refractivity contribution in [1.29, 1.82) is 0 Å². The van der Waals surface area contributed by atoms with Gasteiger partial charge in [0.1, 0.15) is 0 Å². The number of aromatic nitrogens is 1. The van der Waals surface area contributed by atoms with Gasteiger partial charge in [0.05, 0.1) is 31.5 Å². The van der Waals surface area contributed by atoms with E-state index in [1.807, 2.05) is 13.0 Å². The van der Waals surface area contributed by atoms with Gasteiger partial charge in [-0.25, -0.2) is 4.98 Å². The van der Waals surface area contributed by atoms with Crippen LogP contribution < -0.4 is 20.2 Å². The van der Waals surface area contributed by atoms with E-state index in [4.69, 9.17) is 14.2 Å². The van der Waals surface area contributed by atoms with E-state index in [0.29, 0.717) is 35.5 Å². The first kappa shape index (κ1) is 25.5. The zero-order valence-electron chi connectivity index (χ0n) is 19.7. The Balaban J connectivity index is 1.52. The lowest BCUT2D eigenvalue weighted by Gasteiger charge is -2.22. The van der Waals surface area contributed by atoms with Gasteiger partial charge >= 0.3 is 5.97 Å². The SMILES string of the molecule is CCOC(=O)Cc1csc(NN=Cc2ccc(OCC(=O)NC3CCCCC3)c(OCC)c2)n1. The second-order valence-corrected chi connectivity index (χ2v) is 8.68. The van der Waals surface area contributed by atoms with Crippen molar-refractivity contribution < 1.29 is 23.8 Å². The fourth-order valence-electron chi connectivity index (χ4n) is 3.61. The van der Waals surface area contributed by atoms with Crippen molar-refractivity contribution in [3.63, 3.8) is 0 Å². The number of nitrogens with one attached hydrogen (secondary N) is 2. The number of anilines is 1. The minimum absolute atomic E-state index is 0.0518. The number of hydrogen-bond acceptors (Lipinski definition) is 9. The number of hydrogen-bond donors (Lipinski definition) is 2. The Morgan fingerprint density at radius 3 is 2.74 bits per heavy atom. The van der Waals surface area contributed by atoms with Crippen LogP contribution in [0.1, 0.15) is 57.2 Å². The highest BCUT2D eigenvalue weighted by Crippen LogP contribution is 2.28. The molecule has 1 aliphatic carbocycles. The summed E-state index contributed by atoms with van der Waals surface area (Å²) < 4.78 is 16.4. The molecule has 0 spiro atoms. The summed E-state index contributed by atoms with van der Waals surface area (Å²) >= 11 is 1.35. The zero-order valence-corrected chi connectivity index (χ0v) is 20.5. The second kappa shape index (κ2) is 13.5. The van der Waals surface area contributed by atoms with Crippen molar-refractivity contribution in [1.82, 2.24) is 10.3 Å². The number of rotatable bonds is 12. The van der Waals surface area contributed by atoms with Gasteiger partial charge in [0.2, 0.25) is 5.13 Å². The highest BCUT2D eigenvalue weighted by molar-refractivity contribution is 7.13. The molecule has 1 aromatic heterocycles. The lowest BCUT2D eigenvalue weighted by Crippen LogP contribution is -2.39. The first-order chi connectivity index (χ1) is 16.6. The average Bonchev–Trinajstić information content (AvgIpc) is 3.26. The number of hydrazone groups is 1. The van der Waals surface area contributed by atoms with Crippen molar-refractivity contribution in [2.45, 2.75) is 58.4 Å². The molecule has 1 heterocycles. The summed E-state index contributed by atoms with van der Waals surface area (Å²) in [5.41, 5.74) is 4.29. The van der Waals surface area contributed by atoms with E-state index in [1.54, 1.807) is 30.7 Å². The molecule has 2 aromatic rings. The first-order valence-corrected chi connectivity index (χ1v) is 12.5. The van der Waals surface area contributed by atoms with E-state index in [9.17, 15) is 9.59 Å². The maximum absolute atomic E-state index is 12.3. The van der Waals surface area contributed by atoms with Crippen LogP contribution in [0.5, 0.6) is 11.5 Å². The number of carbonyl (C=O) groups excluding carboxylic acids is 2. The van der Waals surface area contributed by atoms with Gasteiger partial charge in [-0.1, -0.05) is 19.3 Å². The Labute approximate surface area is 203 Å². The Morgan fingerprint density at radius 2 is 1.97 bits per heavy atom. The Morgan fingerprint density at radius 1 is 1.15 bits per heavy atom. The quantitative estimate of drug-likeness (QED) is 0.265. The molecule has 10 heteroatoms. The summed E-state index contributed by atoms with van der Waals surface area (Å²) in [6.07, 6.45) is 7.40. The molecule has 3 rings (SSSR count). The normalized spacial score (nSPS) is 14.1. The third-order valence-corrected chi connectivity index (χ3v) is 5.95. The highest BCUT2D eigenvalue weighted by Gasteiger charge is 2.16. The molecule has 1 aromatic carbocycles. The molecular weight excluding hydrogens is 456 g/mol. The molecule has 0 atom stereocenters. The van der Waals surface area contributed by atoms with Crippen LogP contribution in [0.3, 0.4) is 0 Å². The summed E-state index contributed by atoms with van der Waals surface area (Å²) in [5, 5.41) is 9.62. The predicted molar refractivity (Wildman–Crippen MR) is 132 cm³/mol. The molecule has 1 fully saturated rings. The average molecular weight is 489 g/mol. The molecule has 0 bridgehead atoms. The number of benzene rings is 1. The number of thiazole rings is 1. The van der Waals surface area contributed by atoms with Crippen molar-refractivity contribution in [3.8, 4) is 11.5 Å². The molecule has 1 aliphatic rings. The lowest BCUT2D eigenvalue weighted by molar-refractivity contribution is -0.142. The van der Waals surface area contributed by atoms with Crippen LogP contribution in [0.2, 0.25) is 0 Å². The van der Waals surface area contributed by atoms with Gasteiger partial charge < -0.3 is 19.5 Å². The Hall–Kier alpha value is -3.14. The van der Waals surface area contributed by atoms with Crippen LogP contribution >= 0.6 is 11.3 Å². The number of carbonyl (C=O) groups is 2. The molecule has 34 heavy (non-hydrogen) atoms. The first-order valence-electron chi connectivity index (χ1n) is 11.7. The van der Waals surface area contributed by atoms with Crippen molar-refractivity contribution in [2.75, 3.05) is 25.2 Å². The molecule has 1 saturated carbocycles. The van der Waals surface area contributed by atoms with Crippen LogP contribution in [0.4, 0.5) is 5.13 Å². The van der Waals surface area contributed by atoms with E-state index in [2.05, 4.69) is 20.8 Å². The number of ether oxygens (including phenoxy) is 3. The van der Waals surface area contributed by atoms with Crippen LogP contribution in [-0.2, 0) is 20.7 Å². The van der Waals surface area contributed by atoms with Crippen LogP contribution in [-0.4, -0.2) is 48.9 Å². The number of esters is 1. The van der Waals surface area contributed by atoms with Crippen LogP contribution in [0.25, 0.3) is 0 Å². The van der Waals surface area contributed by atoms with E-state index in [1.165, 1.54) is 17.8 Å². The molecule has 0 radical (unpaired) electrons. The van der Waals surface area contributed by atoms with Crippen molar-refractivity contribution >= 4 is 34.6 Å². The summed E-state index contributed by atoms with van der Waals surface area (Å²) in [7, 11) is 0. The maximum Gasteiger partial charge on any atom is 0.311 e. The third-order valence-electron chi connectivity index (χ3n) is 5.15. The van der Waals surface area contributed by atoms with Gasteiger partial charge in [0.15, 0.2) is 18.1 Å². The number of nitrogens with zero attached hydrogens (tertiary/aromatic N) is 2. The van der Waals surface area contributed by atoms with Gasteiger partial charge in [-0.15, -0.1) is 11.3 Å². The Bertz CT molecular complexity index is 972. The van der Waals surface area contributed by atoms with Gasteiger partial charge in [-0.3, -0.25) is 15.0 Å². The van der Waals surface area contributed by atoms with E-state index in [0.717, 1.165) is 31.2 Å².